The largest absolute Gasteiger partial charge is 0.330 e. The molecule has 1 atom stereocenters. The van der Waals surface area contributed by atoms with Gasteiger partial charge >= 0.3 is 0 Å². The number of piperidine rings is 1. The van der Waals surface area contributed by atoms with E-state index in [1.54, 1.807) is 0 Å². The monoisotopic (exact) mass is 201 g/mol. The highest BCUT2D eigenvalue weighted by atomic mass is 16.2. The van der Waals surface area contributed by atoms with E-state index in [-0.39, 0.29) is 5.91 Å². The Morgan fingerprint density at radius 1 is 1.33 bits per heavy atom. The molecule has 1 aromatic carbocycles. The van der Waals surface area contributed by atoms with Gasteiger partial charge < -0.3 is 5.32 Å². The highest BCUT2D eigenvalue weighted by Gasteiger charge is 2.37. The molecule has 0 radical (unpaired) electrons. The molecule has 0 aromatic heterocycles. The van der Waals surface area contributed by atoms with E-state index >= 15 is 0 Å². The lowest BCUT2D eigenvalue weighted by Gasteiger charge is -2.33. The first-order chi connectivity index (χ1) is 7.13. The molecule has 0 aliphatic carbocycles. The molecule has 2 heteroatoms. The molecule has 1 amide bonds. The molecular weight excluding hydrogens is 186 g/mol. The van der Waals surface area contributed by atoms with Crippen molar-refractivity contribution in [1.29, 1.82) is 0 Å². The van der Waals surface area contributed by atoms with Crippen molar-refractivity contribution in [3.8, 4) is 0 Å². The predicted octanol–water partition coefficient (Wildman–Crippen LogP) is 2.37. The summed E-state index contributed by atoms with van der Waals surface area (Å²) in [5, 5.41) is 2.83. The fourth-order valence-corrected chi connectivity index (χ4v) is 1.96. The van der Waals surface area contributed by atoms with Crippen molar-refractivity contribution in [3.05, 3.63) is 48.2 Å². The number of rotatable bonds is 1. The number of carbonyl (C=O) groups is 1. The van der Waals surface area contributed by atoms with Gasteiger partial charge in [-0.15, -0.1) is 0 Å². The van der Waals surface area contributed by atoms with E-state index in [0.29, 0.717) is 0 Å². The van der Waals surface area contributed by atoms with Crippen LogP contribution >= 0.6 is 0 Å². The van der Waals surface area contributed by atoms with Crippen molar-refractivity contribution in [1.82, 2.24) is 5.32 Å². The van der Waals surface area contributed by atoms with Crippen LogP contribution in [0.5, 0.6) is 0 Å². The summed E-state index contributed by atoms with van der Waals surface area (Å²) in [6.07, 6.45) is 1.69. The van der Waals surface area contributed by atoms with Gasteiger partial charge in [0.1, 0.15) is 0 Å². The van der Waals surface area contributed by atoms with Crippen LogP contribution < -0.4 is 5.32 Å². The standard InChI is InChI=1S/C13H15NO/c1-10-8-9-13(2,12(15)14-10)11-6-4-3-5-7-11/h3-7H,1,8-9H2,2H3,(H,14,15). The van der Waals surface area contributed by atoms with Crippen LogP contribution in [0.2, 0.25) is 0 Å². The lowest BCUT2D eigenvalue weighted by atomic mass is 9.75. The van der Waals surface area contributed by atoms with Crippen LogP contribution in [0.3, 0.4) is 0 Å². The van der Waals surface area contributed by atoms with Crippen molar-refractivity contribution in [2.24, 2.45) is 0 Å². The quantitative estimate of drug-likeness (QED) is 0.742. The second-order valence-corrected chi connectivity index (χ2v) is 4.26. The third-order valence-corrected chi connectivity index (χ3v) is 3.13. The molecule has 1 N–H and O–H groups in total. The van der Waals surface area contributed by atoms with E-state index in [9.17, 15) is 4.79 Å². The molecule has 2 nitrogen and oxygen atoms in total. The highest BCUT2D eigenvalue weighted by molar-refractivity contribution is 5.90. The molecule has 1 aromatic rings. The second kappa shape index (κ2) is 3.54. The van der Waals surface area contributed by atoms with Crippen LogP contribution in [-0.2, 0) is 10.2 Å². The summed E-state index contributed by atoms with van der Waals surface area (Å²) in [7, 11) is 0. The Kier molecular flexibility index (Phi) is 2.35. The maximum Gasteiger partial charge on any atom is 0.234 e. The molecule has 1 unspecified atom stereocenters. The Morgan fingerprint density at radius 2 is 2.00 bits per heavy atom. The van der Waals surface area contributed by atoms with Crippen LogP contribution in [-0.4, -0.2) is 5.91 Å². The zero-order valence-corrected chi connectivity index (χ0v) is 8.92. The van der Waals surface area contributed by atoms with Gasteiger partial charge in [0.15, 0.2) is 0 Å². The molecule has 15 heavy (non-hydrogen) atoms. The minimum absolute atomic E-state index is 0.0601. The number of hydrogen-bond donors (Lipinski definition) is 1. The highest BCUT2D eigenvalue weighted by Crippen LogP contribution is 2.33. The topological polar surface area (TPSA) is 29.1 Å². The van der Waals surface area contributed by atoms with Crippen LogP contribution in [0.4, 0.5) is 0 Å². The molecular formula is C13H15NO. The van der Waals surface area contributed by atoms with Gasteiger partial charge in [-0.2, -0.15) is 0 Å². The van der Waals surface area contributed by atoms with Crippen LogP contribution in [0, 0.1) is 0 Å². The Bertz CT molecular complexity index is 396. The molecule has 1 saturated heterocycles. The average Bonchev–Trinajstić information content (AvgIpc) is 2.25. The normalized spacial score (nSPS) is 26.2. The Balaban J connectivity index is 2.35. The van der Waals surface area contributed by atoms with E-state index in [4.69, 9.17) is 0 Å². The molecule has 78 valence electrons. The first-order valence-corrected chi connectivity index (χ1v) is 5.18. The molecule has 2 rings (SSSR count). The molecule has 1 fully saturated rings. The summed E-state index contributed by atoms with van der Waals surface area (Å²) in [6, 6.07) is 9.92. The first-order valence-electron chi connectivity index (χ1n) is 5.18. The number of benzene rings is 1. The summed E-state index contributed by atoms with van der Waals surface area (Å²) in [5.41, 5.74) is 1.51. The third-order valence-electron chi connectivity index (χ3n) is 3.13. The van der Waals surface area contributed by atoms with Crippen molar-refractivity contribution < 1.29 is 4.79 Å². The lowest BCUT2D eigenvalue weighted by molar-refractivity contribution is -0.126. The van der Waals surface area contributed by atoms with Gasteiger partial charge in [0, 0.05) is 5.70 Å². The van der Waals surface area contributed by atoms with Gasteiger partial charge in [-0.1, -0.05) is 36.9 Å². The van der Waals surface area contributed by atoms with Gasteiger partial charge in [-0.3, -0.25) is 4.79 Å². The average molecular weight is 201 g/mol. The van der Waals surface area contributed by atoms with E-state index in [0.717, 1.165) is 24.1 Å². The second-order valence-electron chi connectivity index (χ2n) is 4.26. The maximum absolute atomic E-state index is 12.0. The lowest BCUT2D eigenvalue weighted by Crippen LogP contribution is -2.45. The Morgan fingerprint density at radius 3 is 2.60 bits per heavy atom. The predicted molar refractivity (Wildman–Crippen MR) is 60.3 cm³/mol. The molecule has 0 bridgehead atoms. The van der Waals surface area contributed by atoms with Gasteiger partial charge in [0.2, 0.25) is 5.91 Å². The fourth-order valence-electron chi connectivity index (χ4n) is 1.96. The van der Waals surface area contributed by atoms with Gasteiger partial charge in [0.25, 0.3) is 0 Å². The molecule has 1 aliphatic rings. The van der Waals surface area contributed by atoms with E-state index in [2.05, 4.69) is 11.9 Å². The van der Waals surface area contributed by atoms with E-state index in [1.807, 2.05) is 37.3 Å². The summed E-state index contributed by atoms with van der Waals surface area (Å²) in [6.45, 7) is 5.78. The minimum Gasteiger partial charge on any atom is -0.330 e. The number of allylic oxidation sites excluding steroid dienone is 1. The summed E-state index contributed by atoms with van der Waals surface area (Å²) < 4.78 is 0. The summed E-state index contributed by atoms with van der Waals surface area (Å²) in [4.78, 5) is 12.0. The van der Waals surface area contributed by atoms with Gasteiger partial charge in [-0.05, 0) is 25.3 Å². The molecule has 1 aliphatic heterocycles. The number of hydrogen-bond acceptors (Lipinski definition) is 1. The van der Waals surface area contributed by atoms with E-state index < -0.39 is 5.41 Å². The smallest absolute Gasteiger partial charge is 0.234 e. The van der Waals surface area contributed by atoms with Crippen LogP contribution in [0.1, 0.15) is 25.3 Å². The van der Waals surface area contributed by atoms with E-state index in [1.165, 1.54) is 0 Å². The minimum atomic E-state index is -0.400. The molecule has 0 saturated carbocycles. The number of amides is 1. The van der Waals surface area contributed by atoms with Crippen molar-refractivity contribution in [2.75, 3.05) is 0 Å². The Hall–Kier alpha value is -1.57. The van der Waals surface area contributed by atoms with Crippen molar-refractivity contribution in [3.63, 3.8) is 0 Å². The van der Waals surface area contributed by atoms with Gasteiger partial charge in [0.05, 0.1) is 5.41 Å². The fraction of sp³-hybridized carbons (Fsp3) is 0.308. The third kappa shape index (κ3) is 1.67. The maximum atomic E-state index is 12.0. The van der Waals surface area contributed by atoms with Crippen molar-refractivity contribution >= 4 is 5.91 Å². The molecule has 1 heterocycles. The van der Waals surface area contributed by atoms with Crippen molar-refractivity contribution in [2.45, 2.75) is 25.2 Å². The summed E-state index contributed by atoms with van der Waals surface area (Å²) >= 11 is 0. The summed E-state index contributed by atoms with van der Waals surface area (Å²) in [5.74, 6) is 0.0601. The number of carbonyl (C=O) groups excluding carboxylic acids is 1. The Labute approximate surface area is 90.0 Å². The number of nitrogens with one attached hydrogen (secondary N) is 1. The zero-order chi connectivity index (χ0) is 10.9. The first kappa shape index (κ1) is 9.97. The SMILES string of the molecule is C=C1CCC(C)(c2ccccc2)C(=O)N1. The van der Waals surface area contributed by atoms with Crippen LogP contribution in [0.25, 0.3) is 0 Å². The zero-order valence-electron chi connectivity index (χ0n) is 8.92. The molecule has 0 spiro atoms. The van der Waals surface area contributed by atoms with Gasteiger partial charge in [-0.25, -0.2) is 0 Å². The van der Waals surface area contributed by atoms with Crippen LogP contribution in [0.15, 0.2) is 42.6 Å².